The van der Waals surface area contributed by atoms with Crippen LogP contribution < -0.4 is 10.2 Å². The van der Waals surface area contributed by atoms with Crippen molar-refractivity contribution in [2.24, 2.45) is 5.92 Å². The lowest BCUT2D eigenvalue weighted by Crippen LogP contribution is -2.31. The van der Waals surface area contributed by atoms with Crippen molar-refractivity contribution in [2.45, 2.75) is 39.7 Å². The molecule has 24 heavy (non-hydrogen) atoms. The highest BCUT2D eigenvalue weighted by Gasteiger charge is 2.17. The molecule has 0 radical (unpaired) electrons. The highest BCUT2D eigenvalue weighted by Crippen LogP contribution is 2.24. The summed E-state index contributed by atoms with van der Waals surface area (Å²) in [5.41, 5.74) is 3.58. The standard InChI is InChI=1S/C20H25N3O/c1-3-15(4-2)20(24)22-18-9-10-19(21-13-18)23-12-11-16-7-5-6-8-17(16)14-23/h5-10,13,15H,3-4,11-12,14H2,1-2H3,(H,22,24). The minimum absolute atomic E-state index is 0.0725. The number of nitrogens with zero attached hydrogens (tertiary/aromatic N) is 2. The van der Waals surface area contributed by atoms with Crippen molar-refractivity contribution >= 4 is 17.4 Å². The quantitative estimate of drug-likeness (QED) is 0.904. The number of pyridine rings is 1. The molecule has 0 spiro atoms. The van der Waals surface area contributed by atoms with Crippen LogP contribution >= 0.6 is 0 Å². The van der Waals surface area contributed by atoms with Gasteiger partial charge >= 0.3 is 0 Å². The molecular formula is C20H25N3O. The predicted molar refractivity (Wildman–Crippen MR) is 98.1 cm³/mol. The topological polar surface area (TPSA) is 45.2 Å². The number of amides is 1. The van der Waals surface area contributed by atoms with E-state index in [0.29, 0.717) is 0 Å². The van der Waals surface area contributed by atoms with Crippen molar-refractivity contribution < 1.29 is 4.79 Å². The molecule has 1 aromatic carbocycles. The Labute approximate surface area is 143 Å². The molecule has 4 heteroatoms. The number of hydrogen-bond donors (Lipinski definition) is 1. The van der Waals surface area contributed by atoms with E-state index in [4.69, 9.17) is 0 Å². The maximum atomic E-state index is 12.1. The molecule has 3 rings (SSSR count). The van der Waals surface area contributed by atoms with Gasteiger partial charge in [0.15, 0.2) is 0 Å². The normalized spacial score (nSPS) is 13.7. The van der Waals surface area contributed by atoms with Gasteiger partial charge in [-0.05, 0) is 42.5 Å². The van der Waals surface area contributed by atoms with Gasteiger partial charge in [-0.3, -0.25) is 4.79 Å². The molecule has 0 saturated carbocycles. The predicted octanol–water partition coefficient (Wildman–Crippen LogP) is 4.02. The molecule has 1 N–H and O–H groups in total. The Morgan fingerprint density at radius 1 is 1.17 bits per heavy atom. The van der Waals surface area contributed by atoms with E-state index >= 15 is 0 Å². The Morgan fingerprint density at radius 3 is 2.58 bits per heavy atom. The first-order valence-corrected chi connectivity index (χ1v) is 8.80. The number of nitrogens with one attached hydrogen (secondary N) is 1. The second-order valence-electron chi connectivity index (χ2n) is 6.35. The van der Waals surface area contributed by atoms with Crippen LogP contribution in [-0.2, 0) is 17.8 Å². The van der Waals surface area contributed by atoms with Gasteiger partial charge in [-0.15, -0.1) is 0 Å². The Balaban J connectivity index is 1.66. The third-order valence-corrected chi connectivity index (χ3v) is 4.83. The summed E-state index contributed by atoms with van der Waals surface area (Å²) in [4.78, 5) is 19.0. The fraction of sp³-hybridized carbons (Fsp3) is 0.400. The van der Waals surface area contributed by atoms with Gasteiger partial charge in [0, 0.05) is 19.0 Å². The van der Waals surface area contributed by atoms with E-state index in [-0.39, 0.29) is 11.8 Å². The molecule has 0 fully saturated rings. The molecule has 126 valence electrons. The van der Waals surface area contributed by atoms with Crippen molar-refractivity contribution in [3.05, 3.63) is 53.7 Å². The summed E-state index contributed by atoms with van der Waals surface area (Å²) < 4.78 is 0. The molecule has 2 heterocycles. The third-order valence-electron chi connectivity index (χ3n) is 4.83. The lowest BCUT2D eigenvalue weighted by molar-refractivity contribution is -0.120. The minimum Gasteiger partial charge on any atom is -0.352 e. The van der Waals surface area contributed by atoms with Crippen LogP contribution in [0.5, 0.6) is 0 Å². The number of carbonyl (C=O) groups is 1. The zero-order chi connectivity index (χ0) is 16.9. The zero-order valence-electron chi connectivity index (χ0n) is 14.5. The molecule has 0 atom stereocenters. The molecule has 4 nitrogen and oxygen atoms in total. The monoisotopic (exact) mass is 323 g/mol. The highest BCUT2D eigenvalue weighted by molar-refractivity contribution is 5.92. The van der Waals surface area contributed by atoms with Crippen molar-refractivity contribution in [3.63, 3.8) is 0 Å². The largest absolute Gasteiger partial charge is 0.352 e. The molecule has 0 aliphatic carbocycles. The number of hydrogen-bond acceptors (Lipinski definition) is 3. The van der Waals surface area contributed by atoms with Crippen LogP contribution in [0.25, 0.3) is 0 Å². The van der Waals surface area contributed by atoms with Gasteiger partial charge in [0.25, 0.3) is 0 Å². The van der Waals surface area contributed by atoms with Gasteiger partial charge in [-0.25, -0.2) is 4.98 Å². The summed E-state index contributed by atoms with van der Waals surface area (Å²) in [5, 5.41) is 2.97. The average Bonchev–Trinajstić information content (AvgIpc) is 2.63. The molecule has 2 aromatic rings. The van der Waals surface area contributed by atoms with Crippen LogP contribution in [-0.4, -0.2) is 17.4 Å². The smallest absolute Gasteiger partial charge is 0.227 e. The SMILES string of the molecule is CCC(CC)C(=O)Nc1ccc(N2CCc3ccccc3C2)nc1. The maximum Gasteiger partial charge on any atom is 0.227 e. The summed E-state index contributed by atoms with van der Waals surface area (Å²) in [6.45, 7) is 5.96. The lowest BCUT2D eigenvalue weighted by Gasteiger charge is -2.29. The van der Waals surface area contributed by atoms with E-state index in [1.807, 2.05) is 26.0 Å². The van der Waals surface area contributed by atoms with Gasteiger partial charge in [0.2, 0.25) is 5.91 Å². The number of anilines is 2. The van der Waals surface area contributed by atoms with Crippen molar-refractivity contribution in [1.82, 2.24) is 4.98 Å². The molecular weight excluding hydrogens is 298 g/mol. The molecule has 1 aliphatic rings. The van der Waals surface area contributed by atoms with E-state index in [1.165, 1.54) is 11.1 Å². The third kappa shape index (κ3) is 3.58. The lowest BCUT2D eigenvalue weighted by atomic mass is 10.00. The second kappa shape index (κ2) is 7.47. The fourth-order valence-electron chi connectivity index (χ4n) is 3.24. The van der Waals surface area contributed by atoms with Crippen molar-refractivity contribution in [1.29, 1.82) is 0 Å². The van der Waals surface area contributed by atoms with E-state index in [2.05, 4.69) is 39.5 Å². The van der Waals surface area contributed by atoms with E-state index in [1.54, 1.807) is 6.20 Å². The van der Waals surface area contributed by atoms with Crippen LogP contribution in [0.1, 0.15) is 37.8 Å². The van der Waals surface area contributed by atoms with E-state index < -0.39 is 0 Å². The molecule has 0 unspecified atom stereocenters. The second-order valence-corrected chi connectivity index (χ2v) is 6.35. The molecule has 1 amide bonds. The van der Waals surface area contributed by atoms with Gasteiger partial charge in [0.1, 0.15) is 5.82 Å². The molecule has 1 aliphatic heterocycles. The molecule has 0 saturated heterocycles. The van der Waals surface area contributed by atoms with E-state index in [0.717, 1.165) is 43.9 Å². The summed E-state index contributed by atoms with van der Waals surface area (Å²) in [6, 6.07) is 12.5. The molecule has 0 bridgehead atoms. The number of carbonyl (C=O) groups excluding carboxylic acids is 1. The van der Waals surface area contributed by atoms with Gasteiger partial charge < -0.3 is 10.2 Å². The van der Waals surface area contributed by atoms with Crippen molar-refractivity contribution in [2.75, 3.05) is 16.8 Å². The first kappa shape index (κ1) is 16.5. The van der Waals surface area contributed by atoms with E-state index in [9.17, 15) is 4.79 Å². The van der Waals surface area contributed by atoms with Crippen LogP contribution in [0.2, 0.25) is 0 Å². The Hall–Kier alpha value is -2.36. The van der Waals surface area contributed by atoms with Crippen LogP contribution in [0, 0.1) is 5.92 Å². The maximum absolute atomic E-state index is 12.1. The molecule has 1 aromatic heterocycles. The summed E-state index contributed by atoms with van der Waals surface area (Å²) in [6.07, 6.45) is 4.53. The zero-order valence-corrected chi connectivity index (χ0v) is 14.5. The summed E-state index contributed by atoms with van der Waals surface area (Å²) in [5.74, 6) is 1.12. The first-order chi connectivity index (χ1) is 11.7. The Kier molecular flexibility index (Phi) is 5.14. The summed E-state index contributed by atoms with van der Waals surface area (Å²) >= 11 is 0. The minimum atomic E-state index is 0.0725. The number of benzene rings is 1. The summed E-state index contributed by atoms with van der Waals surface area (Å²) in [7, 11) is 0. The Morgan fingerprint density at radius 2 is 1.92 bits per heavy atom. The van der Waals surface area contributed by atoms with Gasteiger partial charge in [-0.1, -0.05) is 38.1 Å². The Bertz CT molecular complexity index is 692. The van der Waals surface area contributed by atoms with Crippen LogP contribution in [0.4, 0.5) is 11.5 Å². The number of rotatable bonds is 5. The van der Waals surface area contributed by atoms with Crippen LogP contribution in [0.15, 0.2) is 42.6 Å². The number of aromatic nitrogens is 1. The van der Waals surface area contributed by atoms with Crippen molar-refractivity contribution in [3.8, 4) is 0 Å². The fourth-order valence-corrected chi connectivity index (χ4v) is 3.24. The highest BCUT2D eigenvalue weighted by atomic mass is 16.1. The number of fused-ring (bicyclic) bond motifs is 1. The van der Waals surface area contributed by atoms with Gasteiger partial charge in [0.05, 0.1) is 11.9 Å². The van der Waals surface area contributed by atoms with Gasteiger partial charge in [-0.2, -0.15) is 0 Å². The van der Waals surface area contributed by atoms with Crippen LogP contribution in [0.3, 0.4) is 0 Å². The average molecular weight is 323 g/mol. The first-order valence-electron chi connectivity index (χ1n) is 8.80.